The summed E-state index contributed by atoms with van der Waals surface area (Å²) in [6.07, 6.45) is 6.28. The maximum atomic E-state index is 5.98. The van der Waals surface area contributed by atoms with Crippen LogP contribution < -0.4 is 11.1 Å². The molecule has 5 heteroatoms. The molecule has 0 atom stereocenters. The van der Waals surface area contributed by atoms with Crippen LogP contribution in [-0.2, 0) is 0 Å². The normalized spacial score (nSPS) is 15.4. The van der Waals surface area contributed by atoms with Gasteiger partial charge in [0.25, 0.3) is 0 Å². The number of nitrogens with zero attached hydrogens (tertiary/aromatic N) is 2. The number of rotatable bonds is 3. The molecule has 0 amide bonds. The third-order valence-electron chi connectivity index (χ3n) is 5.45. The average molecular weight is 375 g/mol. The summed E-state index contributed by atoms with van der Waals surface area (Å²) < 4.78 is 1.31. The predicted octanol–water partition coefficient (Wildman–Crippen LogP) is 5.84. The van der Waals surface area contributed by atoms with E-state index in [1.807, 2.05) is 0 Å². The number of nitrogens with two attached hydrogens (primary N) is 1. The van der Waals surface area contributed by atoms with Crippen LogP contribution in [0.15, 0.2) is 47.8 Å². The first kappa shape index (κ1) is 16.5. The van der Waals surface area contributed by atoms with E-state index in [4.69, 9.17) is 5.73 Å². The summed E-state index contributed by atoms with van der Waals surface area (Å²) in [6.45, 7) is 0. The van der Waals surface area contributed by atoms with Gasteiger partial charge >= 0.3 is 0 Å². The minimum absolute atomic E-state index is 0.328. The fraction of sp³-hybridized carbons (Fsp3) is 0.273. The fourth-order valence-electron chi connectivity index (χ4n) is 4.07. The molecule has 5 rings (SSSR count). The molecule has 27 heavy (non-hydrogen) atoms. The fourth-order valence-corrected chi connectivity index (χ4v) is 5.04. The lowest BCUT2D eigenvalue weighted by Gasteiger charge is -2.24. The molecule has 2 heterocycles. The van der Waals surface area contributed by atoms with Gasteiger partial charge in [-0.15, -0.1) is 11.3 Å². The number of nitrogen functional groups attached to an aromatic ring is 1. The number of anilines is 2. The van der Waals surface area contributed by atoms with Gasteiger partial charge in [-0.1, -0.05) is 43.5 Å². The SMILES string of the molecule is Nc1nc(NC2CCCCC2)c2cc(-c3csc4ccccc34)ccc2n1. The van der Waals surface area contributed by atoms with Crippen molar-refractivity contribution in [1.82, 2.24) is 9.97 Å². The van der Waals surface area contributed by atoms with Gasteiger partial charge in [0.15, 0.2) is 0 Å². The van der Waals surface area contributed by atoms with E-state index in [-0.39, 0.29) is 0 Å². The molecule has 4 nitrogen and oxygen atoms in total. The second kappa shape index (κ2) is 6.82. The van der Waals surface area contributed by atoms with E-state index in [2.05, 4.69) is 63.1 Å². The number of aromatic nitrogens is 2. The third-order valence-corrected chi connectivity index (χ3v) is 6.41. The Balaban J connectivity index is 1.61. The van der Waals surface area contributed by atoms with Crippen LogP contribution in [0.2, 0.25) is 0 Å². The predicted molar refractivity (Wildman–Crippen MR) is 115 cm³/mol. The molecule has 2 aromatic heterocycles. The zero-order chi connectivity index (χ0) is 18.2. The van der Waals surface area contributed by atoms with Gasteiger partial charge in [-0.3, -0.25) is 0 Å². The molecule has 0 spiro atoms. The summed E-state index contributed by atoms with van der Waals surface area (Å²) in [5.74, 6) is 1.19. The molecular formula is C22H22N4S. The van der Waals surface area contributed by atoms with Crippen LogP contribution >= 0.6 is 11.3 Å². The zero-order valence-electron chi connectivity index (χ0n) is 15.1. The second-order valence-corrected chi connectivity index (χ2v) is 8.20. The molecule has 0 saturated heterocycles. The largest absolute Gasteiger partial charge is 0.368 e. The highest BCUT2D eigenvalue weighted by molar-refractivity contribution is 7.17. The van der Waals surface area contributed by atoms with Crippen LogP contribution in [0.5, 0.6) is 0 Å². The van der Waals surface area contributed by atoms with E-state index in [1.165, 1.54) is 53.3 Å². The third kappa shape index (κ3) is 3.12. The zero-order valence-corrected chi connectivity index (χ0v) is 15.9. The maximum Gasteiger partial charge on any atom is 0.222 e. The van der Waals surface area contributed by atoms with Crippen LogP contribution in [0.3, 0.4) is 0 Å². The van der Waals surface area contributed by atoms with Crippen molar-refractivity contribution in [3.05, 3.63) is 47.8 Å². The summed E-state index contributed by atoms with van der Waals surface area (Å²) in [5, 5.41) is 8.22. The summed E-state index contributed by atoms with van der Waals surface area (Å²) in [4.78, 5) is 8.98. The van der Waals surface area contributed by atoms with Crippen LogP contribution in [0.1, 0.15) is 32.1 Å². The molecule has 4 aromatic rings. The van der Waals surface area contributed by atoms with Crippen LogP contribution in [0, 0.1) is 0 Å². The van der Waals surface area contributed by atoms with E-state index in [1.54, 1.807) is 11.3 Å². The average Bonchev–Trinajstić information content (AvgIpc) is 3.13. The number of hydrogen-bond donors (Lipinski definition) is 2. The van der Waals surface area contributed by atoms with E-state index in [0.717, 1.165) is 16.7 Å². The lowest BCUT2D eigenvalue weighted by atomic mass is 9.95. The highest BCUT2D eigenvalue weighted by Crippen LogP contribution is 2.36. The highest BCUT2D eigenvalue weighted by Gasteiger charge is 2.16. The van der Waals surface area contributed by atoms with Crippen LogP contribution in [0.25, 0.3) is 32.1 Å². The van der Waals surface area contributed by atoms with Gasteiger partial charge in [0.2, 0.25) is 5.95 Å². The van der Waals surface area contributed by atoms with Crippen LogP contribution in [-0.4, -0.2) is 16.0 Å². The molecule has 0 unspecified atom stereocenters. The molecule has 136 valence electrons. The molecule has 1 aliphatic rings. The monoisotopic (exact) mass is 374 g/mol. The Bertz CT molecular complexity index is 1110. The first-order chi connectivity index (χ1) is 13.3. The van der Waals surface area contributed by atoms with Gasteiger partial charge in [0.1, 0.15) is 5.82 Å². The smallest absolute Gasteiger partial charge is 0.222 e. The number of nitrogens with one attached hydrogen (secondary N) is 1. The number of fused-ring (bicyclic) bond motifs is 2. The van der Waals surface area contributed by atoms with Crippen LogP contribution in [0.4, 0.5) is 11.8 Å². The van der Waals surface area contributed by atoms with Crippen molar-refractivity contribution < 1.29 is 0 Å². The van der Waals surface area contributed by atoms with Crippen molar-refractivity contribution in [2.45, 2.75) is 38.1 Å². The van der Waals surface area contributed by atoms with E-state index in [9.17, 15) is 0 Å². The molecule has 0 radical (unpaired) electrons. The molecule has 3 N–H and O–H groups in total. The molecule has 1 aliphatic carbocycles. The molecule has 0 aliphatic heterocycles. The minimum atomic E-state index is 0.328. The van der Waals surface area contributed by atoms with Gasteiger partial charge in [-0.2, -0.15) is 4.98 Å². The van der Waals surface area contributed by atoms with Crippen molar-refractivity contribution in [2.24, 2.45) is 0 Å². The number of hydrogen-bond acceptors (Lipinski definition) is 5. The quantitative estimate of drug-likeness (QED) is 0.473. The Hall–Kier alpha value is -2.66. The topological polar surface area (TPSA) is 63.8 Å². The molecule has 1 fully saturated rings. The van der Waals surface area contributed by atoms with Gasteiger partial charge < -0.3 is 11.1 Å². The Morgan fingerprint density at radius 2 is 1.81 bits per heavy atom. The Morgan fingerprint density at radius 3 is 2.70 bits per heavy atom. The molecule has 1 saturated carbocycles. The summed E-state index contributed by atoms with van der Waals surface area (Å²) in [6, 6.07) is 15.4. The Morgan fingerprint density at radius 1 is 0.963 bits per heavy atom. The molecular weight excluding hydrogens is 352 g/mol. The number of benzene rings is 2. The standard InChI is InChI=1S/C22H22N4S/c23-22-25-19-11-10-14(18-13-27-20-9-5-4-8-16(18)20)12-17(19)21(26-22)24-15-6-2-1-3-7-15/h4-5,8-13,15H,1-3,6-7H2,(H3,23,24,25,26). The lowest BCUT2D eigenvalue weighted by molar-refractivity contribution is 0.462. The first-order valence-corrected chi connectivity index (χ1v) is 10.5. The minimum Gasteiger partial charge on any atom is -0.368 e. The maximum absolute atomic E-state index is 5.98. The van der Waals surface area contributed by atoms with E-state index in [0.29, 0.717) is 12.0 Å². The summed E-state index contributed by atoms with van der Waals surface area (Å²) >= 11 is 1.78. The Kier molecular flexibility index (Phi) is 4.17. The Labute approximate surface area is 162 Å². The van der Waals surface area contributed by atoms with Gasteiger partial charge in [-0.05, 0) is 42.0 Å². The van der Waals surface area contributed by atoms with Crippen molar-refractivity contribution in [3.63, 3.8) is 0 Å². The van der Waals surface area contributed by atoms with Crippen molar-refractivity contribution in [3.8, 4) is 11.1 Å². The molecule has 2 aromatic carbocycles. The molecule has 0 bridgehead atoms. The second-order valence-electron chi connectivity index (χ2n) is 7.29. The van der Waals surface area contributed by atoms with Gasteiger partial charge in [0.05, 0.1) is 5.52 Å². The number of thiophene rings is 1. The van der Waals surface area contributed by atoms with Gasteiger partial charge in [-0.25, -0.2) is 4.98 Å². The van der Waals surface area contributed by atoms with Crippen molar-refractivity contribution in [1.29, 1.82) is 0 Å². The van der Waals surface area contributed by atoms with Gasteiger partial charge in [0, 0.05) is 27.1 Å². The lowest BCUT2D eigenvalue weighted by Crippen LogP contribution is -2.23. The first-order valence-electron chi connectivity index (χ1n) is 9.58. The van der Waals surface area contributed by atoms with E-state index < -0.39 is 0 Å². The van der Waals surface area contributed by atoms with E-state index >= 15 is 0 Å². The highest BCUT2D eigenvalue weighted by atomic mass is 32.1. The van der Waals surface area contributed by atoms with Crippen molar-refractivity contribution >= 4 is 44.1 Å². The van der Waals surface area contributed by atoms with Crippen molar-refractivity contribution in [2.75, 3.05) is 11.1 Å². The summed E-state index contributed by atoms with van der Waals surface area (Å²) in [5.41, 5.74) is 9.33. The summed E-state index contributed by atoms with van der Waals surface area (Å²) in [7, 11) is 0.